The molecule has 0 saturated carbocycles. The minimum atomic E-state index is -0.0982. The van der Waals surface area contributed by atoms with E-state index < -0.39 is 0 Å². The van der Waals surface area contributed by atoms with Crippen LogP contribution < -0.4 is 4.74 Å². The van der Waals surface area contributed by atoms with E-state index in [0.717, 1.165) is 23.3 Å². The zero-order chi connectivity index (χ0) is 18.4. The topological polar surface area (TPSA) is 54.3 Å². The molecule has 134 valence electrons. The van der Waals surface area contributed by atoms with Crippen molar-refractivity contribution in [3.63, 3.8) is 0 Å². The summed E-state index contributed by atoms with van der Waals surface area (Å²) in [6, 6.07) is 17.5. The van der Waals surface area contributed by atoms with Crippen LogP contribution >= 0.6 is 11.8 Å². The summed E-state index contributed by atoms with van der Waals surface area (Å²) >= 11 is 1.47. The second kappa shape index (κ2) is 8.67. The number of amidine groups is 1. The third kappa shape index (κ3) is 4.14. The van der Waals surface area contributed by atoms with Crippen molar-refractivity contribution in [2.24, 2.45) is 10.2 Å². The van der Waals surface area contributed by atoms with Crippen molar-refractivity contribution >= 4 is 29.1 Å². The Hall–Kier alpha value is -2.60. The number of carbonyl (C=O) groups is 1. The molecule has 26 heavy (non-hydrogen) atoms. The number of rotatable bonds is 6. The Morgan fingerprint density at radius 2 is 1.88 bits per heavy atom. The van der Waals surface area contributed by atoms with Crippen molar-refractivity contribution in [2.45, 2.75) is 25.1 Å². The number of para-hydroxylation sites is 1. The summed E-state index contributed by atoms with van der Waals surface area (Å²) in [5.74, 6) is 0.826. The molecule has 0 radical (unpaired) electrons. The molecule has 0 N–H and O–H groups in total. The van der Waals surface area contributed by atoms with Crippen LogP contribution in [0.1, 0.15) is 24.5 Å². The highest BCUT2D eigenvalue weighted by Gasteiger charge is 2.36. The number of nitrogens with zero attached hydrogens (tertiary/aromatic N) is 3. The van der Waals surface area contributed by atoms with Crippen molar-refractivity contribution in [3.8, 4) is 5.75 Å². The lowest BCUT2D eigenvalue weighted by Crippen LogP contribution is -2.31. The van der Waals surface area contributed by atoms with Crippen LogP contribution in [0.5, 0.6) is 5.75 Å². The molecule has 2 aromatic rings. The molecular weight excluding hydrogens is 346 g/mol. The molecule has 1 atom stereocenters. The van der Waals surface area contributed by atoms with E-state index >= 15 is 0 Å². The highest BCUT2D eigenvalue weighted by molar-refractivity contribution is 8.15. The van der Waals surface area contributed by atoms with Crippen LogP contribution in [0.2, 0.25) is 0 Å². The first-order chi connectivity index (χ1) is 12.7. The lowest BCUT2D eigenvalue weighted by molar-refractivity contribution is -0.126. The van der Waals surface area contributed by atoms with E-state index in [2.05, 4.69) is 10.2 Å². The summed E-state index contributed by atoms with van der Waals surface area (Å²) in [6.07, 6.45) is 2.42. The Morgan fingerprint density at radius 3 is 2.62 bits per heavy atom. The fourth-order valence-electron chi connectivity index (χ4n) is 2.67. The SMILES string of the molecule is CCC1SC(=NN=Cc2ccccc2OC)N(Cc2ccccc2)C1=O. The molecule has 0 aromatic heterocycles. The number of methoxy groups -OCH3 is 1. The lowest BCUT2D eigenvalue weighted by Gasteiger charge is -2.15. The highest BCUT2D eigenvalue weighted by Crippen LogP contribution is 2.30. The van der Waals surface area contributed by atoms with Crippen LogP contribution in [0.25, 0.3) is 0 Å². The molecule has 0 bridgehead atoms. The Kier molecular flexibility index (Phi) is 6.07. The number of thioether (sulfide) groups is 1. The molecule has 3 rings (SSSR count). The minimum Gasteiger partial charge on any atom is -0.496 e. The molecule has 1 saturated heterocycles. The van der Waals surface area contributed by atoms with E-state index in [4.69, 9.17) is 4.74 Å². The molecule has 2 aromatic carbocycles. The van der Waals surface area contributed by atoms with Gasteiger partial charge >= 0.3 is 0 Å². The van der Waals surface area contributed by atoms with Crippen LogP contribution in [-0.2, 0) is 11.3 Å². The number of hydrogen-bond acceptors (Lipinski definition) is 5. The van der Waals surface area contributed by atoms with E-state index in [-0.39, 0.29) is 11.2 Å². The fourth-order valence-corrected chi connectivity index (χ4v) is 3.70. The maximum atomic E-state index is 12.6. The second-order valence-electron chi connectivity index (χ2n) is 5.79. The van der Waals surface area contributed by atoms with Crippen LogP contribution in [0.15, 0.2) is 64.8 Å². The van der Waals surface area contributed by atoms with Crippen LogP contribution in [0, 0.1) is 0 Å². The maximum Gasteiger partial charge on any atom is 0.242 e. The standard InChI is InChI=1S/C20H21N3O2S/c1-3-18-19(24)23(14-15-9-5-4-6-10-15)20(26-18)22-21-13-16-11-7-8-12-17(16)25-2/h4-13,18H,3,14H2,1-2H3. The second-order valence-corrected chi connectivity index (χ2v) is 6.96. The van der Waals surface area contributed by atoms with Gasteiger partial charge < -0.3 is 4.74 Å². The normalized spacial score (nSPS) is 18.8. The molecule has 5 nitrogen and oxygen atoms in total. The molecule has 1 fully saturated rings. The number of carbonyl (C=O) groups excluding carboxylic acids is 1. The van der Waals surface area contributed by atoms with Gasteiger partial charge in [0.05, 0.1) is 25.1 Å². The Morgan fingerprint density at radius 1 is 1.15 bits per heavy atom. The molecule has 6 heteroatoms. The van der Waals surface area contributed by atoms with Gasteiger partial charge in [0.2, 0.25) is 5.91 Å². The van der Waals surface area contributed by atoms with Crippen LogP contribution in [0.4, 0.5) is 0 Å². The Labute approximate surface area is 157 Å². The van der Waals surface area contributed by atoms with Gasteiger partial charge in [0.1, 0.15) is 5.75 Å². The van der Waals surface area contributed by atoms with E-state index in [1.807, 2.05) is 61.5 Å². The summed E-state index contributed by atoms with van der Waals surface area (Å²) in [5, 5.41) is 9.05. The van der Waals surface area contributed by atoms with E-state index in [9.17, 15) is 4.79 Å². The molecule has 1 aliphatic rings. The largest absolute Gasteiger partial charge is 0.496 e. The van der Waals surface area contributed by atoms with Crippen molar-refractivity contribution in [3.05, 3.63) is 65.7 Å². The molecule has 1 unspecified atom stereocenters. The van der Waals surface area contributed by atoms with Gasteiger partial charge in [-0.15, -0.1) is 5.10 Å². The molecule has 1 heterocycles. The average molecular weight is 367 g/mol. The van der Waals surface area contributed by atoms with Gasteiger partial charge in [-0.25, -0.2) is 0 Å². The minimum absolute atomic E-state index is 0.0904. The van der Waals surface area contributed by atoms with Gasteiger partial charge in [0, 0.05) is 5.56 Å². The zero-order valence-electron chi connectivity index (χ0n) is 14.8. The highest BCUT2D eigenvalue weighted by atomic mass is 32.2. The molecule has 1 aliphatic heterocycles. The molecule has 0 aliphatic carbocycles. The van der Waals surface area contributed by atoms with E-state index in [1.165, 1.54) is 11.8 Å². The number of ether oxygens (including phenoxy) is 1. The number of amides is 1. The molecule has 0 spiro atoms. The summed E-state index contributed by atoms with van der Waals surface area (Å²) in [7, 11) is 1.62. The average Bonchev–Trinajstić information content (AvgIpc) is 2.98. The summed E-state index contributed by atoms with van der Waals surface area (Å²) in [6.45, 7) is 2.52. The molecular formula is C20H21N3O2S. The quantitative estimate of drug-likeness (QED) is 0.574. The van der Waals surface area contributed by atoms with Crippen LogP contribution in [-0.4, -0.2) is 34.5 Å². The van der Waals surface area contributed by atoms with Gasteiger partial charge in [-0.3, -0.25) is 9.69 Å². The predicted octanol–water partition coefficient (Wildman–Crippen LogP) is 3.94. The monoisotopic (exact) mass is 367 g/mol. The van der Waals surface area contributed by atoms with Gasteiger partial charge in [-0.1, -0.05) is 61.2 Å². The smallest absolute Gasteiger partial charge is 0.242 e. The summed E-state index contributed by atoms with van der Waals surface area (Å²) < 4.78 is 5.31. The molecule has 1 amide bonds. The van der Waals surface area contributed by atoms with Gasteiger partial charge in [-0.05, 0) is 24.1 Å². The van der Waals surface area contributed by atoms with Gasteiger partial charge in [0.15, 0.2) is 5.17 Å². The summed E-state index contributed by atoms with van der Waals surface area (Å²) in [5.41, 5.74) is 1.91. The van der Waals surface area contributed by atoms with Crippen LogP contribution in [0.3, 0.4) is 0 Å². The maximum absolute atomic E-state index is 12.6. The third-order valence-corrected chi connectivity index (χ3v) is 5.39. The van der Waals surface area contributed by atoms with Gasteiger partial charge in [-0.2, -0.15) is 5.10 Å². The van der Waals surface area contributed by atoms with Gasteiger partial charge in [0.25, 0.3) is 0 Å². The fraction of sp³-hybridized carbons (Fsp3) is 0.250. The summed E-state index contributed by atoms with van der Waals surface area (Å²) in [4.78, 5) is 14.4. The zero-order valence-corrected chi connectivity index (χ0v) is 15.6. The van der Waals surface area contributed by atoms with E-state index in [1.54, 1.807) is 18.2 Å². The first-order valence-corrected chi connectivity index (χ1v) is 9.37. The first-order valence-electron chi connectivity index (χ1n) is 8.49. The first kappa shape index (κ1) is 18.2. The Bertz CT molecular complexity index is 821. The predicted molar refractivity (Wildman–Crippen MR) is 107 cm³/mol. The Balaban J connectivity index is 1.82. The van der Waals surface area contributed by atoms with Crippen molar-refractivity contribution in [1.29, 1.82) is 0 Å². The van der Waals surface area contributed by atoms with Crippen molar-refractivity contribution < 1.29 is 9.53 Å². The number of benzene rings is 2. The van der Waals surface area contributed by atoms with Crippen molar-refractivity contribution in [1.82, 2.24) is 4.90 Å². The lowest BCUT2D eigenvalue weighted by atomic mass is 10.2. The number of hydrogen-bond donors (Lipinski definition) is 0. The van der Waals surface area contributed by atoms with E-state index in [0.29, 0.717) is 11.7 Å². The third-order valence-electron chi connectivity index (χ3n) is 4.05. The van der Waals surface area contributed by atoms with Crippen molar-refractivity contribution in [2.75, 3.05) is 7.11 Å².